The maximum atomic E-state index is 12.9. The van der Waals surface area contributed by atoms with E-state index in [4.69, 9.17) is 9.26 Å². The van der Waals surface area contributed by atoms with Gasteiger partial charge < -0.3 is 9.26 Å². The van der Waals surface area contributed by atoms with Gasteiger partial charge in [-0.15, -0.1) is 0 Å². The monoisotopic (exact) mass is 371 g/mol. The molecule has 0 saturated carbocycles. The van der Waals surface area contributed by atoms with E-state index in [0.717, 1.165) is 0 Å². The van der Waals surface area contributed by atoms with E-state index in [2.05, 4.69) is 5.16 Å². The standard InChI is InChI=1S/C18H29NO5S/c1-17(2,3)16-12-15(24-19-16)14(20)6-9-18(4,5)25(21,22)13-7-10-23-11-8-13/h12-13H,6-11H2,1-5H3. The van der Waals surface area contributed by atoms with Gasteiger partial charge >= 0.3 is 0 Å². The molecule has 0 amide bonds. The second-order valence-corrected chi connectivity index (χ2v) is 11.2. The van der Waals surface area contributed by atoms with Gasteiger partial charge in [0.25, 0.3) is 0 Å². The van der Waals surface area contributed by atoms with Crippen molar-refractivity contribution in [1.29, 1.82) is 0 Å². The lowest BCUT2D eigenvalue weighted by Gasteiger charge is -2.32. The molecule has 0 aliphatic carbocycles. The van der Waals surface area contributed by atoms with Crippen molar-refractivity contribution in [2.24, 2.45) is 0 Å². The maximum Gasteiger partial charge on any atom is 0.202 e. The van der Waals surface area contributed by atoms with Gasteiger partial charge in [-0.2, -0.15) is 0 Å². The van der Waals surface area contributed by atoms with Crippen LogP contribution in [0.5, 0.6) is 0 Å². The van der Waals surface area contributed by atoms with Crippen LogP contribution in [0.25, 0.3) is 0 Å². The largest absolute Gasteiger partial charge is 0.381 e. The third-order valence-electron chi connectivity index (χ3n) is 4.88. The highest BCUT2D eigenvalue weighted by Crippen LogP contribution is 2.31. The highest BCUT2D eigenvalue weighted by Gasteiger charge is 2.41. The van der Waals surface area contributed by atoms with Gasteiger partial charge in [-0.3, -0.25) is 4.79 Å². The van der Waals surface area contributed by atoms with Crippen LogP contribution in [0.1, 0.15) is 76.6 Å². The molecule has 0 spiro atoms. The molecule has 1 aliphatic heterocycles. The Morgan fingerprint density at radius 3 is 2.32 bits per heavy atom. The van der Waals surface area contributed by atoms with Crippen LogP contribution in [-0.4, -0.2) is 42.6 Å². The van der Waals surface area contributed by atoms with Crippen LogP contribution in [0.4, 0.5) is 0 Å². The van der Waals surface area contributed by atoms with E-state index in [-0.39, 0.29) is 35.1 Å². The smallest absolute Gasteiger partial charge is 0.202 e. The van der Waals surface area contributed by atoms with Crippen LogP contribution in [-0.2, 0) is 20.0 Å². The first kappa shape index (κ1) is 20.1. The molecule has 0 radical (unpaired) electrons. The molecule has 142 valence electrons. The van der Waals surface area contributed by atoms with Crippen LogP contribution < -0.4 is 0 Å². The van der Waals surface area contributed by atoms with E-state index in [1.165, 1.54) is 0 Å². The lowest BCUT2D eigenvalue weighted by molar-refractivity contribution is 0.0937. The number of sulfone groups is 1. The Labute approximate surface area is 150 Å². The third-order valence-corrected chi connectivity index (χ3v) is 7.98. The summed E-state index contributed by atoms with van der Waals surface area (Å²) in [6.07, 6.45) is 1.43. The van der Waals surface area contributed by atoms with Crippen molar-refractivity contribution in [3.63, 3.8) is 0 Å². The number of hydrogen-bond donors (Lipinski definition) is 0. The van der Waals surface area contributed by atoms with E-state index in [1.807, 2.05) is 20.8 Å². The number of aromatic nitrogens is 1. The molecule has 1 saturated heterocycles. The maximum absolute atomic E-state index is 12.9. The summed E-state index contributed by atoms with van der Waals surface area (Å²) in [4.78, 5) is 12.4. The van der Waals surface area contributed by atoms with Crippen molar-refractivity contribution in [3.8, 4) is 0 Å². The first-order chi connectivity index (χ1) is 11.4. The predicted octanol–water partition coefficient (Wildman–Crippen LogP) is 3.31. The molecule has 6 nitrogen and oxygen atoms in total. The molecule has 0 bridgehead atoms. The summed E-state index contributed by atoms with van der Waals surface area (Å²) in [5.74, 6) is -0.0116. The zero-order chi connectivity index (χ0) is 18.9. The summed E-state index contributed by atoms with van der Waals surface area (Å²) in [7, 11) is -3.34. The number of carbonyl (C=O) groups is 1. The van der Waals surface area contributed by atoms with Gasteiger partial charge in [0.15, 0.2) is 9.84 Å². The molecule has 2 heterocycles. The minimum atomic E-state index is -3.34. The van der Waals surface area contributed by atoms with E-state index in [0.29, 0.717) is 31.7 Å². The molecule has 2 rings (SSSR count). The summed E-state index contributed by atoms with van der Waals surface area (Å²) < 4.78 is 35.2. The van der Waals surface area contributed by atoms with E-state index < -0.39 is 14.6 Å². The molecular formula is C18H29NO5S. The van der Waals surface area contributed by atoms with Crippen molar-refractivity contribution in [1.82, 2.24) is 5.16 Å². The molecular weight excluding hydrogens is 342 g/mol. The molecule has 0 aromatic carbocycles. The lowest BCUT2D eigenvalue weighted by Crippen LogP contribution is -2.42. The van der Waals surface area contributed by atoms with Gasteiger partial charge in [0.05, 0.1) is 15.7 Å². The molecule has 1 aromatic heterocycles. The van der Waals surface area contributed by atoms with Crippen molar-refractivity contribution in [3.05, 3.63) is 17.5 Å². The summed E-state index contributed by atoms with van der Waals surface area (Å²) in [5, 5.41) is 3.56. The Hall–Kier alpha value is -1.21. The number of hydrogen-bond acceptors (Lipinski definition) is 6. The number of ketones is 1. The highest BCUT2D eigenvalue weighted by molar-refractivity contribution is 7.93. The zero-order valence-corrected chi connectivity index (χ0v) is 16.6. The lowest BCUT2D eigenvalue weighted by atomic mass is 9.92. The van der Waals surface area contributed by atoms with Gasteiger partial charge in [0.1, 0.15) is 0 Å². The second kappa shape index (κ2) is 7.19. The molecule has 0 unspecified atom stereocenters. The number of Topliss-reactive ketones (excluding diaryl/α,β-unsaturated/α-hetero) is 1. The normalized spacial score (nSPS) is 17.6. The van der Waals surface area contributed by atoms with E-state index >= 15 is 0 Å². The van der Waals surface area contributed by atoms with Crippen molar-refractivity contribution < 1.29 is 22.5 Å². The first-order valence-corrected chi connectivity index (χ1v) is 10.3. The Kier molecular flexibility index (Phi) is 5.78. The van der Waals surface area contributed by atoms with Gasteiger partial charge in [0.2, 0.25) is 11.5 Å². The van der Waals surface area contributed by atoms with Crippen molar-refractivity contribution in [2.75, 3.05) is 13.2 Å². The van der Waals surface area contributed by atoms with E-state index in [1.54, 1.807) is 19.9 Å². The molecule has 1 aliphatic rings. The van der Waals surface area contributed by atoms with Crippen LogP contribution in [0.15, 0.2) is 10.6 Å². The number of ether oxygens (including phenoxy) is 1. The number of rotatable bonds is 6. The summed E-state index contributed by atoms with van der Waals surface area (Å²) >= 11 is 0. The van der Waals surface area contributed by atoms with Gasteiger partial charge in [-0.05, 0) is 33.1 Å². The zero-order valence-electron chi connectivity index (χ0n) is 15.8. The quantitative estimate of drug-likeness (QED) is 0.713. The topological polar surface area (TPSA) is 86.5 Å². The second-order valence-electron chi connectivity index (χ2n) is 8.37. The summed E-state index contributed by atoms with van der Waals surface area (Å²) in [5.41, 5.74) is 0.512. The Morgan fingerprint density at radius 1 is 1.20 bits per heavy atom. The molecule has 0 N–H and O–H groups in total. The fourth-order valence-electron chi connectivity index (χ4n) is 2.88. The minimum absolute atomic E-state index is 0.119. The Balaban J connectivity index is 2.03. The van der Waals surface area contributed by atoms with Gasteiger partial charge in [-0.25, -0.2) is 8.42 Å². The third kappa shape index (κ3) is 4.50. The molecule has 0 atom stereocenters. The van der Waals surface area contributed by atoms with Crippen LogP contribution >= 0.6 is 0 Å². The Morgan fingerprint density at radius 2 is 1.80 bits per heavy atom. The number of nitrogens with zero attached hydrogens (tertiary/aromatic N) is 1. The highest BCUT2D eigenvalue weighted by atomic mass is 32.2. The Bertz CT molecular complexity index is 706. The van der Waals surface area contributed by atoms with Gasteiger partial charge in [0, 0.05) is 31.1 Å². The summed E-state index contributed by atoms with van der Waals surface area (Å²) in [6, 6.07) is 1.66. The van der Waals surface area contributed by atoms with E-state index in [9.17, 15) is 13.2 Å². The van der Waals surface area contributed by atoms with Gasteiger partial charge in [-0.1, -0.05) is 25.9 Å². The van der Waals surface area contributed by atoms with Crippen LogP contribution in [0, 0.1) is 0 Å². The predicted molar refractivity (Wildman–Crippen MR) is 95.6 cm³/mol. The summed E-state index contributed by atoms with van der Waals surface area (Å²) in [6.45, 7) is 10.3. The van der Waals surface area contributed by atoms with Crippen LogP contribution in [0.3, 0.4) is 0 Å². The fourth-order valence-corrected chi connectivity index (χ4v) is 4.98. The van der Waals surface area contributed by atoms with Crippen molar-refractivity contribution >= 4 is 15.6 Å². The first-order valence-electron chi connectivity index (χ1n) is 8.77. The molecule has 1 aromatic rings. The molecule has 7 heteroatoms. The average Bonchev–Trinajstić information content (AvgIpc) is 3.03. The molecule has 1 fully saturated rings. The average molecular weight is 371 g/mol. The number of carbonyl (C=O) groups excluding carboxylic acids is 1. The fraction of sp³-hybridized carbons (Fsp3) is 0.778. The SMILES string of the molecule is CC(C)(C)c1cc(C(=O)CCC(C)(C)S(=O)(=O)C2CCOCC2)on1. The van der Waals surface area contributed by atoms with Crippen molar-refractivity contribution in [2.45, 2.75) is 75.7 Å². The van der Waals surface area contributed by atoms with Crippen LogP contribution in [0.2, 0.25) is 0 Å². The molecule has 25 heavy (non-hydrogen) atoms. The minimum Gasteiger partial charge on any atom is -0.381 e.